The maximum atomic E-state index is 12.9. The number of carbonyl (C=O) groups excluding carboxylic acids is 1. The van der Waals surface area contributed by atoms with Gasteiger partial charge >= 0.3 is 0 Å². The third-order valence-electron chi connectivity index (χ3n) is 4.32. The van der Waals surface area contributed by atoms with Gasteiger partial charge in [0, 0.05) is 18.1 Å². The van der Waals surface area contributed by atoms with E-state index in [-0.39, 0.29) is 11.5 Å². The Labute approximate surface area is 151 Å². The van der Waals surface area contributed by atoms with Crippen LogP contribution in [0.1, 0.15) is 28.9 Å². The molecule has 0 saturated carbocycles. The van der Waals surface area contributed by atoms with Crippen LogP contribution in [0.4, 0.5) is 0 Å². The van der Waals surface area contributed by atoms with Crippen molar-refractivity contribution in [3.8, 4) is 0 Å². The van der Waals surface area contributed by atoms with E-state index in [2.05, 4.69) is 4.98 Å². The summed E-state index contributed by atoms with van der Waals surface area (Å²) in [5.41, 5.74) is 0.866. The van der Waals surface area contributed by atoms with E-state index in [0.717, 1.165) is 32.4 Å². The fourth-order valence-electron chi connectivity index (χ4n) is 3.15. The number of thiazole rings is 1. The van der Waals surface area contributed by atoms with Crippen LogP contribution in [0.5, 0.6) is 0 Å². The first-order valence-corrected chi connectivity index (χ1v) is 9.33. The molecule has 0 radical (unpaired) electrons. The van der Waals surface area contributed by atoms with Crippen molar-refractivity contribution in [1.82, 2.24) is 14.3 Å². The molecule has 1 aromatic carbocycles. The van der Waals surface area contributed by atoms with Gasteiger partial charge in [-0.05, 0) is 49.7 Å². The average molecular weight is 380 g/mol. The lowest BCUT2D eigenvalue weighted by Crippen LogP contribution is -2.35. The molecule has 0 bridgehead atoms. The van der Waals surface area contributed by atoms with Gasteiger partial charge in [0.2, 0.25) is 0 Å². The summed E-state index contributed by atoms with van der Waals surface area (Å²) in [5.74, 6) is -0.0581. The number of rotatable bonds is 1. The summed E-state index contributed by atoms with van der Waals surface area (Å²) in [4.78, 5) is 30.4. The van der Waals surface area contributed by atoms with Gasteiger partial charge in [-0.3, -0.25) is 14.0 Å². The Morgan fingerprint density at radius 1 is 1.25 bits per heavy atom. The number of aromatic nitrogens is 2. The maximum Gasteiger partial charge on any atom is 0.267 e. The van der Waals surface area contributed by atoms with Gasteiger partial charge in [0.05, 0.1) is 10.9 Å². The van der Waals surface area contributed by atoms with Gasteiger partial charge in [-0.2, -0.15) is 0 Å². The van der Waals surface area contributed by atoms with Crippen molar-refractivity contribution in [1.29, 1.82) is 0 Å². The molecule has 1 amide bonds. The quantitative estimate of drug-likeness (QED) is 0.653. The van der Waals surface area contributed by atoms with Gasteiger partial charge in [0.15, 0.2) is 3.95 Å². The molecule has 0 aliphatic carbocycles. The molecule has 1 N–H and O–H groups in total. The van der Waals surface area contributed by atoms with E-state index in [1.807, 2.05) is 4.90 Å². The first-order chi connectivity index (χ1) is 11.6. The molecule has 0 atom stereocenters. The number of hydrogen-bond acceptors (Lipinski definition) is 4. The number of aromatic amines is 1. The van der Waals surface area contributed by atoms with E-state index >= 15 is 0 Å². The van der Waals surface area contributed by atoms with Gasteiger partial charge in [0.1, 0.15) is 10.5 Å². The Morgan fingerprint density at radius 2 is 2.00 bits per heavy atom. The maximum absolute atomic E-state index is 12.9. The van der Waals surface area contributed by atoms with Crippen molar-refractivity contribution < 1.29 is 4.79 Å². The predicted molar refractivity (Wildman–Crippen MR) is 99.0 cm³/mol. The van der Waals surface area contributed by atoms with Crippen LogP contribution in [0.2, 0.25) is 5.02 Å². The summed E-state index contributed by atoms with van der Waals surface area (Å²) >= 11 is 12.7. The Kier molecular flexibility index (Phi) is 3.94. The minimum absolute atomic E-state index is 0.0581. The van der Waals surface area contributed by atoms with Crippen molar-refractivity contribution in [3.63, 3.8) is 0 Å². The van der Waals surface area contributed by atoms with Crippen LogP contribution in [0.25, 0.3) is 16.6 Å². The number of likely N-dealkylation sites (tertiary alicyclic amines) is 1. The Balaban J connectivity index is 1.97. The Bertz CT molecular complexity index is 1080. The Hall–Kier alpha value is -1.70. The second kappa shape index (κ2) is 5.98. The summed E-state index contributed by atoms with van der Waals surface area (Å²) < 4.78 is 2.29. The summed E-state index contributed by atoms with van der Waals surface area (Å²) in [5, 5.41) is 0.944. The van der Waals surface area contributed by atoms with E-state index in [4.69, 9.17) is 23.8 Å². The number of carbonyl (C=O) groups is 1. The van der Waals surface area contributed by atoms with Crippen molar-refractivity contribution in [2.75, 3.05) is 13.1 Å². The van der Waals surface area contributed by atoms with Crippen molar-refractivity contribution in [2.45, 2.75) is 19.3 Å². The monoisotopic (exact) mass is 379 g/mol. The fraction of sp³-hybridized carbons (Fsp3) is 0.312. The topological polar surface area (TPSA) is 57.6 Å². The molecular formula is C16H14ClN3O2S2. The smallest absolute Gasteiger partial charge is 0.267 e. The van der Waals surface area contributed by atoms with E-state index < -0.39 is 0 Å². The highest BCUT2D eigenvalue weighted by Gasteiger charge is 2.24. The molecular weight excluding hydrogens is 366 g/mol. The molecule has 24 heavy (non-hydrogen) atoms. The molecule has 4 rings (SSSR count). The molecule has 3 aromatic rings. The molecule has 1 aliphatic heterocycles. The lowest BCUT2D eigenvalue weighted by molar-refractivity contribution is 0.0730. The molecule has 3 heterocycles. The first kappa shape index (κ1) is 15.8. The number of fused-ring (bicyclic) bond motifs is 3. The van der Waals surface area contributed by atoms with E-state index in [9.17, 15) is 9.59 Å². The van der Waals surface area contributed by atoms with Crippen molar-refractivity contribution >= 4 is 57.6 Å². The number of halogens is 1. The number of benzene rings is 1. The van der Waals surface area contributed by atoms with Gasteiger partial charge in [0.25, 0.3) is 11.5 Å². The summed E-state index contributed by atoms with van der Waals surface area (Å²) in [6.07, 6.45) is 3.18. The lowest BCUT2D eigenvalue weighted by Gasteiger charge is -2.26. The van der Waals surface area contributed by atoms with Gasteiger partial charge in [-0.1, -0.05) is 22.9 Å². The molecule has 2 aromatic heterocycles. The second-order valence-electron chi connectivity index (χ2n) is 5.85. The summed E-state index contributed by atoms with van der Waals surface area (Å²) in [6, 6.07) is 5.09. The van der Waals surface area contributed by atoms with Crippen LogP contribution < -0.4 is 5.56 Å². The minimum Gasteiger partial charge on any atom is -0.338 e. The fourth-order valence-corrected chi connectivity index (χ4v) is 4.67. The second-order valence-corrected chi connectivity index (χ2v) is 7.93. The predicted octanol–water partition coefficient (Wildman–Crippen LogP) is 3.85. The van der Waals surface area contributed by atoms with Gasteiger partial charge < -0.3 is 9.88 Å². The SMILES string of the molecule is O=C(c1sc(=S)n2c1[nH]c(=O)c1cc(Cl)ccc12)N1CCCCC1. The summed E-state index contributed by atoms with van der Waals surface area (Å²) in [7, 11) is 0. The Morgan fingerprint density at radius 3 is 2.75 bits per heavy atom. The number of hydrogen-bond donors (Lipinski definition) is 1. The van der Waals surface area contributed by atoms with Crippen LogP contribution >= 0.6 is 35.2 Å². The van der Waals surface area contributed by atoms with E-state index in [1.54, 1.807) is 22.6 Å². The molecule has 8 heteroatoms. The summed E-state index contributed by atoms with van der Waals surface area (Å²) in [6.45, 7) is 1.51. The van der Waals surface area contributed by atoms with Crippen LogP contribution in [0.15, 0.2) is 23.0 Å². The van der Waals surface area contributed by atoms with Crippen LogP contribution in [-0.2, 0) is 0 Å². The van der Waals surface area contributed by atoms with E-state index in [0.29, 0.717) is 30.4 Å². The third-order valence-corrected chi connectivity index (χ3v) is 5.92. The van der Waals surface area contributed by atoms with Gasteiger partial charge in [-0.25, -0.2) is 0 Å². The molecule has 1 fully saturated rings. The number of amides is 1. The van der Waals surface area contributed by atoms with Gasteiger partial charge in [-0.15, -0.1) is 0 Å². The number of H-pyrrole nitrogens is 1. The highest BCUT2D eigenvalue weighted by Crippen LogP contribution is 2.26. The molecule has 5 nitrogen and oxygen atoms in total. The van der Waals surface area contributed by atoms with Crippen LogP contribution in [0, 0.1) is 3.95 Å². The zero-order chi connectivity index (χ0) is 16.8. The lowest BCUT2D eigenvalue weighted by atomic mass is 10.1. The highest BCUT2D eigenvalue weighted by molar-refractivity contribution is 7.73. The number of nitrogens with zero attached hydrogens (tertiary/aromatic N) is 2. The third kappa shape index (κ3) is 2.47. The van der Waals surface area contributed by atoms with Crippen molar-refractivity contribution in [2.24, 2.45) is 0 Å². The first-order valence-electron chi connectivity index (χ1n) is 7.72. The average Bonchev–Trinajstić information content (AvgIpc) is 2.92. The standard InChI is InChI=1S/C16H14ClN3O2S2/c17-9-4-5-11-10(8-9)14(21)18-13-12(24-16(23)20(11)13)15(22)19-6-2-1-3-7-19/h4-5,8H,1-3,6-7H2,(H,18,21). The molecule has 1 saturated heterocycles. The highest BCUT2D eigenvalue weighted by atomic mass is 35.5. The molecule has 0 unspecified atom stereocenters. The van der Waals surface area contributed by atoms with Crippen LogP contribution in [0.3, 0.4) is 0 Å². The molecule has 1 aliphatic rings. The number of piperidine rings is 1. The largest absolute Gasteiger partial charge is 0.338 e. The molecule has 0 spiro atoms. The zero-order valence-corrected chi connectivity index (χ0v) is 15.1. The zero-order valence-electron chi connectivity index (χ0n) is 12.7. The minimum atomic E-state index is -0.270. The molecule has 124 valence electrons. The van der Waals surface area contributed by atoms with Crippen molar-refractivity contribution in [3.05, 3.63) is 42.4 Å². The van der Waals surface area contributed by atoms with Crippen LogP contribution in [-0.4, -0.2) is 33.3 Å². The number of nitrogens with one attached hydrogen (secondary N) is 1. The normalized spacial score (nSPS) is 15.3. The van der Waals surface area contributed by atoms with E-state index in [1.165, 1.54) is 11.3 Å².